The predicted octanol–water partition coefficient (Wildman–Crippen LogP) is 2.44. The molecule has 1 atom stereocenters. The fourth-order valence-corrected chi connectivity index (χ4v) is 1.72. The van der Waals surface area contributed by atoms with Crippen molar-refractivity contribution >= 4 is 5.97 Å². The van der Waals surface area contributed by atoms with E-state index in [0.29, 0.717) is 5.56 Å². The highest BCUT2D eigenvalue weighted by molar-refractivity contribution is 5.77. The van der Waals surface area contributed by atoms with Gasteiger partial charge in [-0.1, -0.05) is 6.07 Å². The molecule has 0 spiro atoms. The Hall–Kier alpha value is -1.62. The van der Waals surface area contributed by atoms with E-state index in [1.807, 2.05) is 13.8 Å². The molecular formula is C14H20FNO3. The minimum Gasteiger partial charge on any atom is -0.494 e. The molecule has 19 heavy (non-hydrogen) atoms. The first kappa shape index (κ1) is 15.4. The summed E-state index contributed by atoms with van der Waals surface area (Å²) in [6, 6.07) is 3.83. The smallest absolute Gasteiger partial charge is 0.327 e. The van der Waals surface area contributed by atoms with Crippen molar-refractivity contribution in [1.82, 2.24) is 5.32 Å². The van der Waals surface area contributed by atoms with Crippen LogP contribution in [0, 0.1) is 5.82 Å². The third kappa shape index (κ3) is 4.21. The maximum Gasteiger partial charge on any atom is 0.327 e. The number of carbonyl (C=O) groups is 1. The third-order valence-corrected chi connectivity index (χ3v) is 2.53. The predicted molar refractivity (Wildman–Crippen MR) is 70.6 cm³/mol. The van der Waals surface area contributed by atoms with Crippen molar-refractivity contribution in [2.75, 3.05) is 13.7 Å². The van der Waals surface area contributed by atoms with Gasteiger partial charge in [0.15, 0.2) is 11.6 Å². The summed E-state index contributed by atoms with van der Waals surface area (Å²) in [7, 11) is 1.40. The molecule has 0 amide bonds. The first-order valence-electron chi connectivity index (χ1n) is 6.25. The minimum absolute atomic E-state index is 0.0690. The average Bonchev–Trinajstić information content (AvgIpc) is 2.36. The van der Waals surface area contributed by atoms with Crippen LogP contribution in [0.5, 0.6) is 5.75 Å². The summed E-state index contributed by atoms with van der Waals surface area (Å²) >= 11 is 0. The molecule has 4 nitrogen and oxygen atoms in total. The van der Waals surface area contributed by atoms with Crippen molar-refractivity contribution < 1.29 is 18.7 Å². The van der Waals surface area contributed by atoms with Gasteiger partial charge in [0.05, 0.1) is 13.7 Å². The van der Waals surface area contributed by atoms with E-state index in [1.165, 1.54) is 19.2 Å². The zero-order chi connectivity index (χ0) is 14.4. The summed E-state index contributed by atoms with van der Waals surface area (Å²) in [6.45, 7) is 5.84. The molecule has 106 valence electrons. The van der Waals surface area contributed by atoms with Crippen LogP contribution in [-0.2, 0) is 9.53 Å². The highest BCUT2D eigenvalue weighted by atomic mass is 19.1. The topological polar surface area (TPSA) is 47.6 Å². The molecule has 0 heterocycles. The molecule has 0 aromatic heterocycles. The van der Waals surface area contributed by atoms with Gasteiger partial charge >= 0.3 is 5.97 Å². The number of hydrogen-bond donors (Lipinski definition) is 1. The lowest BCUT2D eigenvalue weighted by atomic mass is 10.1. The summed E-state index contributed by atoms with van der Waals surface area (Å²) in [5.41, 5.74) is 0.519. The van der Waals surface area contributed by atoms with Crippen molar-refractivity contribution in [2.45, 2.75) is 32.9 Å². The normalized spacial score (nSPS) is 12.3. The maximum atomic E-state index is 13.7. The lowest BCUT2D eigenvalue weighted by Gasteiger charge is -2.20. The number of hydrogen-bond acceptors (Lipinski definition) is 4. The van der Waals surface area contributed by atoms with Crippen molar-refractivity contribution in [1.29, 1.82) is 0 Å². The number of benzene rings is 1. The third-order valence-electron chi connectivity index (χ3n) is 2.53. The first-order valence-corrected chi connectivity index (χ1v) is 6.25. The fourth-order valence-electron chi connectivity index (χ4n) is 1.72. The van der Waals surface area contributed by atoms with Crippen molar-refractivity contribution in [3.8, 4) is 5.75 Å². The highest BCUT2D eigenvalue weighted by Gasteiger charge is 2.23. The second kappa shape index (κ2) is 7.09. The van der Waals surface area contributed by atoms with Crippen LogP contribution in [0.4, 0.5) is 4.39 Å². The zero-order valence-corrected chi connectivity index (χ0v) is 11.7. The number of esters is 1. The van der Waals surface area contributed by atoms with Crippen LogP contribution < -0.4 is 10.1 Å². The Labute approximate surface area is 112 Å². The summed E-state index contributed by atoms with van der Waals surface area (Å²) in [4.78, 5) is 11.9. The SMILES string of the molecule is CCOC(=O)C(NC(C)C)c1ccc(OC)c(F)c1. The molecule has 0 radical (unpaired) electrons. The second-order valence-electron chi connectivity index (χ2n) is 4.40. The van der Waals surface area contributed by atoms with Crippen molar-refractivity contribution in [3.05, 3.63) is 29.6 Å². The molecule has 1 aromatic carbocycles. The highest BCUT2D eigenvalue weighted by Crippen LogP contribution is 2.23. The molecule has 0 saturated heterocycles. The van der Waals surface area contributed by atoms with E-state index in [1.54, 1.807) is 13.0 Å². The van der Waals surface area contributed by atoms with Gasteiger partial charge in [-0.05, 0) is 38.5 Å². The zero-order valence-electron chi connectivity index (χ0n) is 11.7. The van der Waals surface area contributed by atoms with E-state index >= 15 is 0 Å². The van der Waals surface area contributed by atoms with Crippen LogP contribution in [0.2, 0.25) is 0 Å². The van der Waals surface area contributed by atoms with E-state index in [2.05, 4.69) is 5.32 Å². The summed E-state index contributed by atoms with van der Waals surface area (Å²) < 4.78 is 23.6. The average molecular weight is 269 g/mol. The Kier molecular flexibility index (Phi) is 5.76. The van der Waals surface area contributed by atoms with Gasteiger partial charge in [0.25, 0.3) is 0 Å². The van der Waals surface area contributed by atoms with E-state index < -0.39 is 17.8 Å². The summed E-state index contributed by atoms with van der Waals surface area (Å²) in [5.74, 6) is -0.767. The van der Waals surface area contributed by atoms with Crippen LogP contribution >= 0.6 is 0 Å². The maximum absolute atomic E-state index is 13.7. The minimum atomic E-state index is -0.680. The van der Waals surface area contributed by atoms with E-state index in [0.717, 1.165) is 0 Å². The van der Waals surface area contributed by atoms with Gasteiger partial charge in [0.1, 0.15) is 6.04 Å². The van der Waals surface area contributed by atoms with Gasteiger partial charge in [0.2, 0.25) is 0 Å². The van der Waals surface area contributed by atoms with Crippen LogP contribution in [0.3, 0.4) is 0 Å². The molecule has 1 N–H and O–H groups in total. The lowest BCUT2D eigenvalue weighted by Crippen LogP contribution is -2.34. The molecule has 1 aromatic rings. The Bertz CT molecular complexity index is 435. The molecule has 0 aliphatic heterocycles. The van der Waals surface area contributed by atoms with Gasteiger partial charge in [-0.25, -0.2) is 9.18 Å². The first-order chi connectivity index (χ1) is 8.99. The molecule has 5 heteroatoms. The number of carbonyl (C=O) groups excluding carboxylic acids is 1. The van der Waals surface area contributed by atoms with Crippen LogP contribution in [0.15, 0.2) is 18.2 Å². The molecule has 0 aliphatic carbocycles. The van der Waals surface area contributed by atoms with Crippen molar-refractivity contribution in [2.24, 2.45) is 0 Å². The lowest BCUT2D eigenvalue weighted by molar-refractivity contribution is -0.146. The van der Waals surface area contributed by atoms with E-state index in [4.69, 9.17) is 9.47 Å². The Morgan fingerprint density at radius 3 is 2.58 bits per heavy atom. The van der Waals surface area contributed by atoms with Gasteiger partial charge in [-0.3, -0.25) is 5.32 Å². The number of halogens is 1. The Morgan fingerprint density at radius 1 is 1.42 bits per heavy atom. The molecule has 1 rings (SSSR count). The van der Waals surface area contributed by atoms with E-state index in [-0.39, 0.29) is 18.4 Å². The number of nitrogens with one attached hydrogen (secondary N) is 1. The van der Waals surface area contributed by atoms with Gasteiger partial charge in [0, 0.05) is 6.04 Å². The van der Waals surface area contributed by atoms with Gasteiger partial charge < -0.3 is 9.47 Å². The number of rotatable bonds is 6. The quantitative estimate of drug-likeness (QED) is 0.806. The Balaban J connectivity index is 3.03. The van der Waals surface area contributed by atoms with Crippen LogP contribution in [0.1, 0.15) is 32.4 Å². The summed E-state index contributed by atoms with van der Waals surface area (Å²) in [6.07, 6.45) is 0. The number of methoxy groups -OCH3 is 1. The molecule has 0 aliphatic rings. The van der Waals surface area contributed by atoms with Gasteiger partial charge in [-0.15, -0.1) is 0 Å². The monoisotopic (exact) mass is 269 g/mol. The Morgan fingerprint density at radius 2 is 2.11 bits per heavy atom. The van der Waals surface area contributed by atoms with Gasteiger partial charge in [-0.2, -0.15) is 0 Å². The van der Waals surface area contributed by atoms with Crippen LogP contribution in [0.25, 0.3) is 0 Å². The van der Waals surface area contributed by atoms with E-state index in [9.17, 15) is 9.18 Å². The van der Waals surface area contributed by atoms with Crippen molar-refractivity contribution in [3.63, 3.8) is 0 Å². The molecule has 0 saturated carbocycles. The molecular weight excluding hydrogens is 249 g/mol. The molecule has 1 unspecified atom stereocenters. The molecule has 0 fully saturated rings. The fraction of sp³-hybridized carbons (Fsp3) is 0.500. The molecule has 0 bridgehead atoms. The van der Waals surface area contributed by atoms with Crippen LogP contribution in [-0.4, -0.2) is 25.7 Å². The largest absolute Gasteiger partial charge is 0.494 e. The standard InChI is InChI=1S/C14H20FNO3/c1-5-19-14(17)13(16-9(2)3)10-6-7-12(18-4)11(15)8-10/h6-9,13,16H,5H2,1-4H3. The second-order valence-corrected chi connectivity index (χ2v) is 4.40. The summed E-state index contributed by atoms with van der Waals surface area (Å²) in [5, 5.41) is 3.06. The number of ether oxygens (including phenoxy) is 2.